The molecule has 0 saturated carbocycles. The number of thioether (sulfide) groups is 4. The highest BCUT2D eigenvalue weighted by Gasteiger charge is 1.94. The normalized spacial score (nSPS) is 10.8. The van der Waals surface area contributed by atoms with Gasteiger partial charge in [0.15, 0.2) is 0 Å². The highest BCUT2D eigenvalue weighted by molar-refractivity contribution is 8.03. The molecule has 0 amide bonds. The van der Waals surface area contributed by atoms with E-state index in [4.69, 9.17) is 0 Å². The molecule has 0 aromatic carbocycles. The molecule has 1 rings (SSSR count). The summed E-state index contributed by atoms with van der Waals surface area (Å²) in [4.78, 5) is 4.03. The van der Waals surface area contributed by atoms with E-state index >= 15 is 0 Å². The third-order valence-electron chi connectivity index (χ3n) is 2.40. The molecule has 5 heteroatoms. The van der Waals surface area contributed by atoms with E-state index in [1.165, 1.54) is 46.5 Å². The van der Waals surface area contributed by atoms with Gasteiger partial charge in [0.25, 0.3) is 0 Å². The minimum atomic E-state index is 1.12. The first-order valence-electron chi connectivity index (χ1n) is 6.54. The molecular weight excluding hydrogens is 310 g/mol. The number of pyridine rings is 1. The second kappa shape index (κ2) is 13.5. The van der Waals surface area contributed by atoms with Crippen LogP contribution in [0.4, 0.5) is 0 Å². The zero-order valence-electron chi connectivity index (χ0n) is 11.5. The summed E-state index contributed by atoms with van der Waals surface area (Å²) in [6.45, 7) is 0. The van der Waals surface area contributed by atoms with Gasteiger partial charge in [0.2, 0.25) is 0 Å². The van der Waals surface area contributed by atoms with Crippen LogP contribution in [0.1, 0.15) is 12.0 Å². The summed E-state index contributed by atoms with van der Waals surface area (Å²) in [6.07, 6.45) is 7.29. The highest BCUT2D eigenvalue weighted by atomic mass is 32.2. The molecule has 0 atom stereocenters. The fourth-order valence-corrected chi connectivity index (χ4v) is 5.34. The predicted molar refractivity (Wildman–Crippen MR) is 98.0 cm³/mol. The molecule has 19 heavy (non-hydrogen) atoms. The van der Waals surface area contributed by atoms with Gasteiger partial charge in [-0.1, -0.05) is 0 Å². The minimum Gasteiger partial charge on any atom is -0.265 e. The lowest BCUT2D eigenvalue weighted by atomic mass is 10.3. The van der Waals surface area contributed by atoms with Crippen LogP contribution in [-0.2, 0) is 5.75 Å². The van der Waals surface area contributed by atoms with E-state index in [9.17, 15) is 0 Å². The van der Waals surface area contributed by atoms with Gasteiger partial charge in [-0.15, -0.1) is 0 Å². The molecular formula is C14H23NS4. The Morgan fingerprint density at radius 1 is 0.842 bits per heavy atom. The van der Waals surface area contributed by atoms with E-state index < -0.39 is 0 Å². The van der Waals surface area contributed by atoms with Crippen molar-refractivity contribution < 1.29 is 0 Å². The standard InChI is InChI=1S/C14H23NS4/c1-16-9-10-17-7-2-8-18-11-12-19-13-14-3-5-15-6-4-14/h3-6H,2,7-13H2,1H3. The van der Waals surface area contributed by atoms with Crippen LogP contribution in [0.5, 0.6) is 0 Å². The van der Waals surface area contributed by atoms with Crippen molar-refractivity contribution in [3.63, 3.8) is 0 Å². The molecule has 0 unspecified atom stereocenters. The Labute approximate surface area is 134 Å². The van der Waals surface area contributed by atoms with Crippen LogP contribution in [0.15, 0.2) is 24.5 Å². The smallest absolute Gasteiger partial charge is 0.0270 e. The lowest BCUT2D eigenvalue weighted by molar-refractivity contribution is 1.12. The number of aromatic nitrogens is 1. The maximum absolute atomic E-state index is 4.03. The van der Waals surface area contributed by atoms with Crippen LogP contribution in [0.3, 0.4) is 0 Å². The fourth-order valence-electron chi connectivity index (χ4n) is 1.40. The number of hydrogen-bond donors (Lipinski definition) is 0. The molecule has 0 N–H and O–H groups in total. The number of hydrogen-bond acceptors (Lipinski definition) is 5. The Morgan fingerprint density at radius 2 is 1.47 bits per heavy atom. The van der Waals surface area contributed by atoms with Crippen molar-refractivity contribution in [3.05, 3.63) is 30.1 Å². The lowest BCUT2D eigenvalue weighted by Crippen LogP contribution is -1.91. The van der Waals surface area contributed by atoms with Gasteiger partial charge < -0.3 is 0 Å². The van der Waals surface area contributed by atoms with Gasteiger partial charge in [0, 0.05) is 41.2 Å². The van der Waals surface area contributed by atoms with E-state index in [1.54, 1.807) is 0 Å². The van der Waals surface area contributed by atoms with Crippen LogP contribution >= 0.6 is 47.0 Å². The molecule has 0 aliphatic rings. The third-order valence-corrected chi connectivity index (χ3v) is 6.70. The molecule has 0 radical (unpaired) electrons. The van der Waals surface area contributed by atoms with Crippen molar-refractivity contribution in [1.29, 1.82) is 0 Å². The zero-order chi connectivity index (χ0) is 13.6. The predicted octanol–water partition coefficient (Wildman–Crippen LogP) is 4.53. The molecule has 108 valence electrons. The van der Waals surface area contributed by atoms with E-state index in [0.717, 1.165) is 5.75 Å². The number of nitrogens with zero attached hydrogens (tertiary/aromatic N) is 1. The van der Waals surface area contributed by atoms with Crippen molar-refractivity contribution >= 4 is 47.0 Å². The quantitative estimate of drug-likeness (QED) is 0.519. The van der Waals surface area contributed by atoms with Gasteiger partial charge >= 0.3 is 0 Å². The fraction of sp³-hybridized carbons (Fsp3) is 0.643. The SMILES string of the molecule is CSCCSCCCSCCSCc1ccncc1. The van der Waals surface area contributed by atoms with Gasteiger partial charge in [-0.2, -0.15) is 47.0 Å². The van der Waals surface area contributed by atoms with Gasteiger partial charge in [0.05, 0.1) is 0 Å². The maximum atomic E-state index is 4.03. The van der Waals surface area contributed by atoms with Crippen LogP contribution in [0, 0.1) is 0 Å². The Hall–Kier alpha value is 0.550. The molecule has 0 bridgehead atoms. The van der Waals surface area contributed by atoms with E-state index in [-0.39, 0.29) is 0 Å². The minimum absolute atomic E-state index is 1.12. The summed E-state index contributed by atoms with van der Waals surface area (Å²) in [5, 5.41) is 0. The van der Waals surface area contributed by atoms with E-state index in [2.05, 4.69) is 46.9 Å². The van der Waals surface area contributed by atoms with Crippen molar-refractivity contribution in [2.75, 3.05) is 40.8 Å². The molecule has 0 saturated heterocycles. The van der Waals surface area contributed by atoms with E-state index in [0.29, 0.717) is 0 Å². The van der Waals surface area contributed by atoms with Crippen molar-refractivity contribution in [1.82, 2.24) is 4.98 Å². The van der Waals surface area contributed by atoms with Crippen LogP contribution in [-0.4, -0.2) is 45.8 Å². The Bertz CT molecular complexity index is 295. The highest BCUT2D eigenvalue weighted by Crippen LogP contribution is 2.14. The van der Waals surface area contributed by atoms with Crippen LogP contribution < -0.4 is 0 Å². The molecule has 0 spiro atoms. The van der Waals surface area contributed by atoms with Gasteiger partial charge in [-0.3, -0.25) is 4.98 Å². The first-order chi connectivity index (χ1) is 9.43. The first kappa shape index (κ1) is 17.6. The maximum Gasteiger partial charge on any atom is 0.0270 e. The van der Waals surface area contributed by atoms with Crippen LogP contribution in [0.25, 0.3) is 0 Å². The monoisotopic (exact) mass is 333 g/mol. The molecule has 0 aliphatic heterocycles. The zero-order valence-corrected chi connectivity index (χ0v) is 14.8. The average molecular weight is 334 g/mol. The van der Waals surface area contributed by atoms with Crippen molar-refractivity contribution in [2.45, 2.75) is 12.2 Å². The molecule has 1 nitrogen and oxygen atoms in total. The van der Waals surface area contributed by atoms with Crippen molar-refractivity contribution in [3.8, 4) is 0 Å². The average Bonchev–Trinajstić information content (AvgIpc) is 2.46. The topological polar surface area (TPSA) is 12.9 Å². The van der Waals surface area contributed by atoms with Gasteiger partial charge in [-0.05, 0) is 41.9 Å². The largest absolute Gasteiger partial charge is 0.265 e. The second-order valence-electron chi connectivity index (χ2n) is 3.98. The Kier molecular flexibility index (Phi) is 12.5. The van der Waals surface area contributed by atoms with Crippen molar-refractivity contribution in [2.24, 2.45) is 0 Å². The molecule has 1 heterocycles. The summed E-state index contributed by atoms with van der Waals surface area (Å²) in [5.41, 5.74) is 1.38. The second-order valence-corrected chi connectivity index (χ2v) is 8.52. The summed E-state index contributed by atoms with van der Waals surface area (Å²) in [7, 11) is 0. The summed E-state index contributed by atoms with van der Waals surface area (Å²) in [5.74, 6) is 8.92. The molecule has 1 aromatic rings. The molecule has 0 aliphatic carbocycles. The Morgan fingerprint density at radius 3 is 2.16 bits per heavy atom. The summed E-state index contributed by atoms with van der Waals surface area (Å²) >= 11 is 8.17. The van der Waals surface area contributed by atoms with Gasteiger partial charge in [0.1, 0.15) is 0 Å². The van der Waals surface area contributed by atoms with Crippen LogP contribution in [0.2, 0.25) is 0 Å². The molecule has 1 aromatic heterocycles. The molecule has 0 fully saturated rings. The number of rotatable bonds is 12. The first-order valence-corrected chi connectivity index (χ1v) is 11.4. The summed E-state index contributed by atoms with van der Waals surface area (Å²) < 4.78 is 0. The van der Waals surface area contributed by atoms with E-state index in [1.807, 2.05) is 35.9 Å². The lowest BCUT2D eigenvalue weighted by Gasteiger charge is -2.03. The van der Waals surface area contributed by atoms with Gasteiger partial charge in [-0.25, -0.2) is 0 Å². The third kappa shape index (κ3) is 10.9. The summed E-state index contributed by atoms with van der Waals surface area (Å²) in [6, 6.07) is 4.21. The Balaban J connectivity index is 1.79.